The van der Waals surface area contributed by atoms with Crippen molar-refractivity contribution in [3.05, 3.63) is 67.8 Å². The zero-order valence-corrected chi connectivity index (χ0v) is 15.6. The molecule has 2 aromatic carbocycles. The Morgan fingerprint density at radius 3 is 2.58 bits per heavy atom. The maximum atomic E-state index is 12.7. The van der Waals surface area contributed by atoms with Crippen LogP contribution in [0, 0.1) is 3.57 Å². The Balaban J connectivity index is 2.06. The van der Waals surface area contributed by atoms with Crippen molar-refractivity contribution in [1.29, 1.82) is 0 Å². The van der Waals surface area contributed by atoms with Crippen molar-refractivity contribution >= 4 is 45.6 Å². The number of halogens is 1. The number of hydrogen-bond donors (Lipinski definition) is 0. The van der Waals surface area contributed by atoms with Crippen LogP contribution in [-0.4, -0.2) is 16.7 Å². The lowest BCUT2D eigenvalue weighted by Crippen LogP contribution is -2.23. The number of methoxy groups -OCH3 is 1. The fourth-order valence-corrected chi connectivity index (χ4v) is 3.02. The van der Waals surface area contributed by atoms with Crippen molar-refractivity contribution in [3.63, 3.8) is 0 Å². The Labute approximate surface area is 153 Å². The standard InChI is InChI=1S/C19H17IN2O2/c1-3-22-18(11-6-13-4-8-15(24-2)9-5-13)21-17-10-7-14(20)12-16(17)19(22)23/h4-12H,3H2,1-2H3. The molecule has 0 N–H and O–H groups in total. The van der Waals surface area contributed by atoms with E-state index in [0.29, 0.717) is 17.8 Å². The zero-order chi connectivity index (χ0) is 17.1. The van der Waals surface area contributed by atoms with Gasteiger partial charge in [0.05, 0.1) is 18.0 Å². The second-order valence-corrected chi connectivity index (χ2v) is 6.53. The van der Waals surface area contributed by atoms with Crippen LogP contribution in [-0.2, 0) is 6.54 Å². The molecule has 0 amide bonds. The maximum absolute atomic E-state index is 12.7. The monoisotopic (exact) mass is 432 g/mol. The summed E-state index contributed by atoms with van der Waals surface area (Å²) in [7, 11) is 1.64. The van der Waals surface area contributed by atoms with Crippen molar-refractivity contribution in [2.24, 2.45) is 0 Å². The van der Waals surface area contributed by atoms with Crippen molar-refractivity contribution in [2.75, 3.05) is 7.11 Å². The summed E-state index contributed by atoms with van der Waals surface area (Å²) in [6.07, 6.45) is 3.83. The summed E-state index contributed by atoms with van der Waals surface area (Å²) in [5, 5.41) is 0.658. The van der Waals surface area contributed by atoms with Crippen LogP contribution in [0.5, 0.6) is 5.75 Å². The molecule has 5 heteroatoms. The lowest BCUT2D eigenvalue weighted by Gasteiger charge is -2.09. The first-order valence-corrected chi connectivity index (χ1v) is 8.72. The molecule has 0 saturated heterocycles. The summed E-state index contributed by atoms with van der Waals surface area (Å²) in [5.41, 5.74) is 1.74. The largest absolute Gasteiger partial charge is 0.497 e. The van der Waals surface area contributed by atoms with Gasteiger partial charge in [0.1, 0.15) is 11.6 Å². The number of benzene rings is 2. The third-order valence-electron chi connectivity index (χ3n) is 3.80. The molecule has 0 bridgehead atoms. The number of nitrogens with zero attached hydrogens (tertiary/aromatic N) is 2. The third-order valence-corrected chi connectivity index (χ3v) is 4.47. The minimum atomic E-state index is -0.00426. The van der Waals surface area contributed by atoms with Crippen molar-refractivity contribution in [1.82, 2.24) is 9.55 Å². The van der Waals surface area contributed by atoms with Gasteiger partial charge in [-0.15, -0.1) is 0 Å². The molecule has 122 valence electrons. The van der Waals surface area contributed by atoms with E-state index in [0.717, 1.165) is 20.4 Å². The van der Waals surface area contributed by atoms with E-state index in [1.54, 1.807) is 11.7 Å². The van der Waals surface area contributed by atoms with Gasteiger partial charge in [-0.2, -0.15) is 0 Å². The van der Waals surface area contributed by atoms with Crippen LogP contribution < -0.4 is 10.3 Å². The first kappa shape index (κ1) is 16.7. The Bertz CT molecular complexity index is 960. The highest BCUT2D eigenvalue weighted by Gasteiger charge is 2.08. The molecular weight excluding hydrogens is 415 g/mol. The molecule has 0 saturated carbocycles. The molecule has 0 unspecified atom stereocenters. The minimum Gasteiger partial charge on any atom is -0.497 e. The summed E-state index contributed by atoms with van der Waals surface area (Å²) in [4.78, 5) is 17.3. The van der Waals surface area contributed by atoms with Crippen LogP contribution in [0.15, 0.2) is 47.3 Å². The highest BCUT2D eigenvalue weighted by molar-refractivity contribution is 14.1. The molecule has 0 aliphatic carbocycles. The number of rotatable bonds is 4. The van der Waals surface area contributed by atoms with Crippen molar-refractivity contribution < 1.29 is 4.74 Å². The summed E-state index contributed by atoms with van der Waals surface area (Å²) in [5.74, 6) is 1.48. The van der Waals surface area contributed by atoms with Gasteiger partial charge >= 0.3 is 0 Å². The van der Waals surface area contributed by atoms with Gasteiger partial charge < -0.3 is 4.74 Å². The van der Waals surface area contributed by atoms with Crippen molar-refractivity contribution in [2.45, 2.75) is 13.5 Å². The molecule has 3 aromatic rings. The second kappa shape index (κ2) is 7.17. The Morgan fingerprint density at radius 1 is 1.17 bits per heavy atom. The number of fused-ring (bicyclic) bond motifs is 1. The molecule has 0 aliphatic rings. The predicted octanol–water partition coefficient (Wildman–Crippen LogP) is 4.20. The Hall–Kier alpha value is -2.15. The first-order valence-electron chi connectivity index (χ1n) is 7.64. The number of aromatic nitrogens is 2. The highest BCUT2D eigenvalue weighted by atomic mass is 127. The van der Waals surface area contributed by atoms with E-state index in [9.17, 15) is 4.79 Å². The molecule has 0 fully saturated rings. The van der Waals surface area contributed by atoms with E-state index in [1.807, 2.05) is 61.5 Å². The molecular formula is C19H17IN2O2. The van der Waals surface area contributed by atoms with Crippen molar-refractivity contribution in [3.8, 4) is 5.75 Å². The highest BCUT2D eigenvalue weighted by Crippen LogP contribution is 2.16. The summed E-state index contributed by atoms with van der Waals surface area (Å²) in [6.45, 7) is 2.53. The summed E-state index contributed by atoms with van der Waals surface area (Å²) >= 11 is 2.21. The molecule has 4 nitrogen and oxygen atoms in total. The van der Waals surface area contributed by atoms with E-state index >= 15 is 0 Å². The number of hydrogen-bond acceptors (Lipinski definition) is 3. The number of ether oxygens (including phenoxy) is 1. The van der Waals surface area contributed by atoms with E-state index < -0.39 is 0 Å². The van der Waals surface area contributed by atoms with Gasteiger partial charge in [-0.1, -0.05) is 18.2 Å². The van der Waals surface area contributed by atoms with Crippen LogP contribution in [0.2, 0.25) is 0 Å². The van der Waals surface area contributed by atoms with Gasteiger partial charge in [-0.05, 0) is 71.5 Å². The lowest BCUT2D eigenvalue weighted by atomic mass is 10.2. The molecule has 1 aromatic heterocycles. The Morgan fingerprint density at radius 2 is 1.92 bits per heavy atom. The molecule has 1 heterocycles. The van der Waals surface area contributed by atoms with E-state index in [1.165, 1.54) is 0 Å². The smallest absolute Gasteiger partial charge is 0.261 e. The van der Waals surface area contributed by atoms with Crippen LogP contribution >= 0.6 is 22.6 Å². The minimum absolute atomic E-state index is 0.00426. The molecule has 0 aliphatic heterocycles. The average molecular weight is 432 g/mol. The third kappa shape index (κ3) is 3.36. The topological polar surface area (TPSA) is 44.1 Å². The normalized spacial score (nSPS) is 11.3. The second-order valence-electron chi connectivity index (χ2n) is 5.29. The fourth-order valence-electron chi connectivity index (χ4n) is 2.53. The first-order chi connectivity index (χ1) is 11.6. The maximum Gasteiger partial charge on any atom is 0.261 e. The van der Waals surface area contributed by atoms with E-state index in [2.05, 4.69) is 27.6 Å². The van der Waals surface area contributed by atoms with E-state index in [4.69, 9.17) is 4.74 Å². The molecule has 24 heavy (non-hydrogen) atoms. The van der Waals surface area contributed by atoms with Crippen LogP contribution in [0.1, 0.15) is 18.3 Å². The SMILES string of the molecule is CCn1c(C=Cc2ccc(OC)cc2)nc2ccc(I)cc2c1=O. The Kier molecular flexibility index (Phi) is 4.99. The van der Waals surface area contributed by atoms with Gasteiger partial charge in [-0.25, -0.2) is 4.98 Å². The van der Waals surface area contributed by atoms with Gasteiger partial charge in [0.15, 0.2) is 0 Å². The summed E-state index contributed by atoms with van der Waals surface area (Å²) < 4.78 is 7.88. The predicted molar refractivity (Wildman–Crippen MR) is 106 cm³/mol. The molecule has 3 rings (SSSR count). The van der Waals surface area contributed by atoms with Crippen LogP contribution in [0.3, 0.4) is 0 Å². The van der Waals surface area contributed by atoms with Crippen LogP contribution in [0.4, 0.5) is 0 Å². The molecule has 0 atom stereocenters. The van der Waals surface area contributed by atoms with Gasteiger partial charge in [0, 0.05) is 10.1 Å². The molecule has 0 radical (unpaired) electrons. The van der Waals surface area contributed by atoms with Gasteiger partial charge in [0.2, 0.25) is 0 Å². The van der Waals surface area contributed by atoms with Gasteiger partial charge in [-0.3, -0.25) is 9.36 Å². The van der Waals surface area contributed by atoms with Gasteiger partial charge in [0.25, 0.3) is 5.56 Å². The van der Waals surface area contributed by atoms with Crippen LogP contribution in [0.25, 0.3) is 23.1 Å². The lowest BCUT2D eigenvalue weighted by molar-refractivity contribution is 0.415. The summed E-state index contributed by atoms with van der Waals surface area (Å²) in [6, 6.07) is 13.5. The average Bonchev–Trinajstić information content (AvgIpc) is 2.61. The quantitative estimate of drug-likeness (QED) is 0.581. The molecule has 0 spiro atoms. The van der Waals surface area contributed by atoms with E-state index in [-0.39, 0.29) is 5.56 Å². The zero-order valence-electron chi connectivity index (χ0n) is 13.5. The fraction of sp³-hybridized carbons (Fsp3) is 0.158.